The largest absolute Gasteiger partial charge is 0.352 e. The van der Waals surface area contributed by atoms with Crippen molar-refractivity contribution in [2.45, 2.75) is 17.7 Å². The summed E-state index contributed by atoms with van der Waals surface area (Å²) in [5.41, 5.74) is 5.64. The van der Waals surface area contributed by atoms with Gasteiger partial charge in [-0.2, -0.15) is 5.10 Å². The number of nitrogens with zero attached hydrogens (tertiary/aromatic N) is 2. The molecule has 2 amide bonds. The van der Waals surface area contributed by atoms with Crippen LogP contribution in [0.2, 0.25) is 0 Å². The molecule has 0 bridgehead atoms. The molecule has 0 unspecified atom stereocenters. The maximum Gasteiger partial charge on any atom is 0.276 e. The smallest absolute Gasteiger partial charge is 0.276 e. The Bertz CT molecular complexity index is 1320. The minimum absolute atomic E-state index is 0.0373. The molecule has 0 spiro atoms. The van der Waals surface area contributed by atoms with Gasteiger partial charge in [-0.3, -0.25) is 15.0 Å². The van der Waals surface area contributed by atoms with Gasteiger partial charge in [-0.1, -0.05) is 0 Å². The fraction of sp³-hybridized carbons (Fsp3) is 0.143. The zero-order chi connectivity index (χ0) is 23.4. The topological polar surface area (TPSA) is 171 Å². The minimum Gasteiger partial charge on any atom is -0.352 e. The van der Waals surface area contributed by atoms with Gasteiger partial charge in [-0.15, -0.1) is 0 Å². The van der Waals surface area contributed by atoms with Crippen LogP contribution in [0.25, 0.3) is 0 Å². The van der Waals surface area contributed by atoms with E-state index >= 15 is 0 Å². The van der Waals surface area contributed by atoms with E-state index in [1.54, 1.807) is 24.5 Å². The Kier molecular flexibility index (Phi) is 6.20. The number of aromatic amines is 1. The summed E-state index contributed by atoms with van der Waals surface area (Å²) < 4.78 is 22.7. The summed E-state index contributed by atoms with van der Waals surface area (Å²) in [5.74, 6) is -0.680. The van der Waals surface area contributed by atoms with Crippen LogP contribution in [0.5, 0.6) is 0 Å². The van der Waals surface area contributed by atoms with Crippen molar-refractivity contribution in [3.63, 3.8) is 0 Å². The molecule has 11 nitrogen and oxygen atoms in total. The Balaban J connectivity index is 1.43. The fourth-order valence-corrected chi connectivity index (χ4v) is 3.76. The molecule has 0 aliphatic carbocycles. The first kappa shape index (κ1) is 22.2. The molecular formula is C21H21N7O4S. The highest BCUT2D eigenvalue weighted by atomic mass is 32.2. The quantitative estimate of drug-likeness (QED) is 0.246. The number of sulfonamides is 1. The van der Waals surface area contributed by atoms with Crippen LogP contribution in [0.15, 0.2) is 65.0 Å². The van der Waals surface area contributed by atoms with E-state index in [2.05, 4.69) is 31.1 Å². The summed E-state index contributed by atoms with van der Waals surface area (Å²) in [5, 5.41) is 14.8. The molecule has 1 aromatic heterocycles. The summed E-state index contributed by atoms with van der Waals surface area (Å²) in [4.78, 5) is 31.9. The van der Waals surface area contributed by atoms with Gasteiger partial charge in [0.15, 0.2) is 5.71 Å². The van der Waals surface area contributed by atoms with E-state index in [-0.39, 0.29) is 16.5 Å². The van der Waals surface area contributed by atoms with E-state index in [1.165, 1.54) is 24.3 Å². The van der Waals surface area contributed by atoms with Gasteiger partial charge < -0.3 is 15.6 Å². The van der Waals surface area contributed by atoms with Gasteiger partial charge in [-0.25, -0.2) is 18.5 Å². The third-order valence-electron chi connectivity index (χ3n) is 4.93. The lowest BCUT2D eigenvalue weighted by atomic mass is 10.1. The van der Waals surface area contributed by atoms with Gasteiger partial charge >= 0.3 is 0 Å². The van der Waals surface area contributed by atoms with Gasteiger partial charge in [0.05, 0.1) is 28.3 Å². The molecule has 1 aliphatic rings. The third-order valence-corrected chi connectivity index (χ3v) is 5.86. The van der Waals surface area contributed by atoms with E-state index in [9.17, 15) is 18.0 Å². The number of benzene rings is 2. The van der Waals surface area contributed by atoms with E-state index in [1.807, 2.05) is 6.20 Å². The molecule has 3 aromatic rings. The first-order chi connectivity index (χ1) is 15.8. The fourth-order valence-electron chi connectivity index (χ4n) is 3.25. The number of nitrogens with two attached hydrogens (primary N) is 1. The molecule has 12 heteroatoms. The monoisotopic (exact) mass is 467 g/mol. The van der Waals surface area contributed by atoms with Gasteiger partial charge in [0.1, 0.15) is 0 Å². The Morgan fingerprint density at radius 3 is 2.64 bits per heavy atom. The molecule has 33 heavy (non-hydrogen) atoms. The normalized spacial score (nSPS) is 14.1. The van der Waals surface area contributed by atoms with Crippen LogP contribution in [0.1, 0.15) is 28.0 Å². The van der Waals surface area contributed by atoms with Crippen LogP contribution in [0, 0.1) is 0 Å². The Hall–Kier alpha value is -4.03. The van der Waals surface area contributed by atoms with Crippen LogP contribution in [-0.4, -0.2) is 42.5 Å². The summed E-state index contributed by atoms with van der Waals surface area (Å²) in [7, 11) is -3.80. The summed E-state index contributed by atoms with van der Waals surface area (Å²) in [6.45, 7) is 0.483. The number of anilines is 2. The Morgan fingerprint density at radius 1 is 1.15 bits per heavy atom. The van der Waals surface area contributed by atoms with E-state index < -0.39 is 15.9 Å². The number of H-pyrrole nitrogens is 1. The number of fused-ring (bicyclic) bond motifs is 1. The number of aromatic nitrogens is 2. The summed E-state index contributed by atoms with van der Waals surface area (Å²) >= 11 is 0. The third kappa shape index (κ3) is 5.25. The van der Waals surface area contributed by atoms with Crippen molar-refractivity contribution in [3.05, 3.63) is 71.8 Å². The number of rotatable bonds is 8. The summed E-state index contributed by atoms with van der Waals surface area (Å²) in [6.07, 6.45) is 4.91. The van der Waals surface area contributed by atoms with Crippen molar-refractivity contribution >= 4 is 38.9 Å². The van der Waals surface area contributed by atoms with Crippen molar-refractivity contribution in [2.24, 2.45) is 10.2 Å². The highest BCUT2D eigenvalue weighted by Crippen LogP contribution is 2.25. The summed E-state index contributed by atoms with van der Waals surface area (Å²) in [6, 6.07) is 10.5. The van der Waals surface area contributed by atoms with Crippen LogP contribution >= 0.6 is 0 Å². The van der Waals surface area contributed by atoms with Crippen LogP contribution < -0.4 is 21.2 Å². The van der Waals surface area contributed by atoms with Crippen molar-refractivity contribution < 1.29 is 18.0 Å². The lowest BCUT2D eigenvalue weighted by Gasteiger charge is -2.07. The molecule has 0 radical (unpaired) electrons. The number of carbonyl (C=O) groups excluding carboxylic acids is 2. The average molecular weight is 468 g/mol. The molecular weight excluding hydrogens is 446 g/mol. The second-order valence-electron chi connectivity index (χ2n) is 7.28. The average Bonchev–Trinajstić information content (AvgIpc) is 3.41. The predicted molar refractivity (Wildman–Crippen MR) is 122 cm³/mol. The number of hydrogen-bond donors (Lipinski definition) is 5. The van der Waals surface area contributed by atoms with Crippen molar-refractivity contribution in [1.29, 1.82) is 0 Å². The highest BCUT2D eigenvalue weighted by molar-refractivity contribution is 7.89. The standard InChI is InChI=1S/C21H21N7O4S/c22-33(31,32)16-6-4-14(5-7-16)27-28-19-17-10-13(3-8-18(17)26-21(19)30)20(29)24-9-1-2-15-11-23-12-25-15/h3-8,10-12,27H,1-2,9H2,(H,23,25)(H,24,29)(H2,22,31,32)(H,26,28,30). The number of amides is 2. The Labute approximate surface area is 189 Å². The molecule has 0 atom stereocenters. The molecule has 2 heterocycles. The number of imidazole rings is 1. The van der Waals surface area contributed by atoms with Gasteiger partial charge in [-0.05, 0) is 55.3 Å². The van der Waals surface area contributed by atoms with E-state index in [4.69, 9.17) is 5.14 Å². The van der Waals surface area contributed by atoms with Crippen LogP contribution in [-0.2, 0) is 21.2 Å². The van der Waals surface area contributed by atoms with Crippen LogP contribution in [0.3, 0.4) is 0 Å². The second kappa shape index (κ2) is 9.22. The molecule has 1 aliphatic heterocycles. The van der Waals surface area contributed by atoms with Gasteiger partial charge in [0.25, 0.3) is 11.8 Å². The highest BCUT2D eigenvalue weighted by Gasteiger charge is 2.27. The van der Waals surface area contributed by atoms with E-state index in [0.717, 1.165) is 18.5 Å². The molecule has 2 aromatic carbocycles. The van der Waals surface area contributed by atoms with Gasteiger partial charge in [0.2, 0.25) is 10.0 Å². The number of nitrogens with one attached hydrogen (secondary N) is 4. The molecule has 0 saturated carbocycles. The molecule has 170 valence electrons. The Morgan fingerprint density at radius 2 is 1.94 bits per heavy atom. The van der Waals surface area contributed by atoms with Gasteiger partial charge in [0, 0.05) is 23.9 Å². The lowest BCUT2D eigenvalue weighted by Crippen LogP contribution is -2.25. The first-order valence-corrected chi connectivity index (χ1v) is 11.5. The molecule has 0 saturated heterocycles. The number of aryl methyl sites for hydroxylation is 1. The number of hydrazone groups is 1. The molecule has 4 rings (SSSR count). The molecule has 6 N–H and O–H groups in total. The molecule has 0 fully saturated rings. The maximum atomic E-state index is 12.5. The zero-order valence-electron chi connectivity index (χ0n) is 17.3. The number of carbonyl (C=O) groups is 2. The van der Waals surface area contributed by atoms with Crippen molar-refractivity contribution in [2.75, 3.05) is 17.3 Å². The van der Waals surface area contributed by atoms with Crippen LogP contribution in [0.4, 0.5) is 11.4 Å². The number of primary sulfonamides is 1. The van der Waals surface area contributed by atoms with Crippen molar-refractivity contribution in [3.8, 4) is 0 Å². The predicted octanol–water partition coefficient (Wildman–Crippen LogP) is 1.19. The minimum atomic E-state index is -3.80. The first-order valence-electron chi connectivity index (χ1n) is 9.99. The zero-order valence-corrected chi connectivity index (χ0v) is 18.1. The number of hydrogen-bond acceptors (Lipinski definition) is 7. The van der Waals surface area contributed by atoms with E-state index in [0.29, 0.717) is 29.0 Å². The second-order valence-corrected chi connectivity index (χ2v) is 8.84. The van der Waals surface area contributed by atoms with Crippen molar-refractivity contribution in [1.82, 2.24) is 15.3 Å². The maximum absolute atomic E-state index is 12.5. The lowest BCUT2D eigenvalue weighted by molar-refractivity contribution is -0.110. The SMILES string of the molecule is NS(=O)(=O)c1ccc(N/N=C2\C(=O)Nc3ccc(C(=O)NCCCc4c[nH]cn4)cc32)cc1.